The van der Waals surface area contributed by atoms with Crippen LogP contribution in [0.25, 0.3) is 0 Å². The molecule has 7 nitrogen and oxygen atoms in total. The van der Waals surface area contributed by atoms with Gasteiger partial charge >= 0.3 is 5.97 Å². The molecule has 1 fully saturated rings. The molecule has 0 saturated carbocycles. The molecule has 1 saturated heterocycles. The summed E-state index contributed by atoms with van der Waals surface area (Å²) in [4.78, 5) is 39.3. The Morgan fingerprint density at radius 1 is 1.26 bits per heavy atom. The molecule has 1 aromatic heterocycles. The summed E-state index contributed by atoms with van der Waals surface area (Å²) in [6.07, 6.45) is 2.99. The third-order valence-corrected chi connectivity index (χ3v) is 4.43. The molecule has 0 bridgehead atoms. The van der Waals surface area contributed by atoms with Crippen LogP contribution in [0.2, 0.25) is 0 Å². The molecule has 0 aliphatic carbocycles. The van der Waals surface area contributed by atoms with Crippen LogP contribution in [0.1, 0.15) is 34.5 Å². The van der Waals surface area contributed by atoms with Gasteiger partial charge in [-0.3, -0.25) is 9.59 Å². The van der Waals surface area contributed by atoms with Gasteiger partial charge in [-0.15, -0.1) is 0 Å². The van der Waals surface area contributed by atoms with Crippen molar-refractivity contribution in [3.63, 3.8) is 0 Å². The molecule has 1 aliphatic rings. The van der Waals surface area contributed by atoms with Crippen molar-refractivity contribution < 1.29 is 23.5 Å². The maximum Gasteiger partial charge on any atom is 0.338 e. The molecule has 1 aromatic carbocycles. The van der Waals surface area contributed by atoms with Gasteiger partial charge in [-0.25, -0.2) is 4.79 Å². The normalized spacial score (nSPS) is 13.7. The molecule has 142 valence electrons. The van der Waals surface area contributed by atoms with Gasteiger partial charge in [0.25, 0.3) is 5.91 Å². The highest BCUT2D eigenvalue weighted by Gasteiger charge is 2.20. The smallest absolute Gasteiger partial charge is 0.338 e. The van der Waals surface area contributed by atoms with Gasteiger partial charge in [0.05, 0.1) is 18.4 Å². The number of hydrogen-bond donors (Lipinski definition) is 0. The van der Waals surface area contributed by atoms with Gasteiger partial charge in [-0.2, -0.15) is 0 Å². The number of likely N-dealkylation sites (tertiary alicyclic amines) is 1. The summed E-state index contributed by atoms with van der Waals surface area (Å²) in [5.41, 5.74) is 1.22. The molecule has 3 rings (SSSR count). The minimum atomic E-state index is -0.565. The van der Waals surface area contributed by atoms with Gasteiger partial charge in [0, 0.05) is 26.6 Å². The Hall–Kier alpha value is -3.09. The van der Waals surface area contributed by atoms with Crippen LogP contribution < -0.4 is 0 Å². The molecular formula is C20H22N2O5. The summed E-state index contributed by atoms with van der Waals surface area (Å²) in [6, 6.07) is 10.5. The number of carbonyl (C=O) groups excluding carboxylic acids is 3. The van der Waals surface area contributed by atoms with Gasteiger partial charge in [0.15, 0.2) is 6.61 Å². The number of esters is 1. The number of ether oxygens (including phenoxy) is 1. The number of amides is 2. The quantitative estimate of drug-likeness (QED) is 0.698. The van der Waals surface area contributed by atoms with Crippen LogP contribution in [0, 0.1) is 0 Å². The van der Waals surface area contributed by atoms with Crippen molar-refractivity contribution in [1.29, 1.82) is 0 Å². The lowest BCUT2D eigenvalue weighted by molar-refractivity contribution is -0.134. The zero-order valence-corrected chi connectivity index (χ0v) is 15.2. The molecule has 2 aromatic rings. The average molecular weight is 370 g/mol. The fourth-order valence-electron chi connectivity index (χ4n) is 2.93. The number of likely N-dealkylation sites (N-methyl/N-ethyl adjacent to an activating group) is 1. The van der Waals surface area contributed by atoms with Crippen LogP contribution in [-0.4, -0.2) is 47.8 Å². The molecule has 27 heavy (non-hydrogen) atoms. The highest BCUT2D eigenvalue weighted by molar-refractivity contribution is 5.91. The molecule has 2 amide bonds. The van der Waals surface area contributed by atoms with Crippen molar-refractivity contribution in [3.8, 4) is 0 Å². The van der Waals surface area contributed by atoms with Crippen molar-refractivity contribution in [1.82, 2.24) is 9.80 Å². The Kier molecular flexibility index (Phi) is 5.90. The molecule has 1 aliphatic heterocycles. The first kappa shape index (κ1) is 18.7. The monoisotopic (exact) mass is 370 g/mol. The summed E-state index contributed by atoms with van der Waals surface area (Å²) in [7, 11) is 1.62. The molecule has 0 N–H and O–H groups in total. The van der Waals surface area contributed by atoms with Crippen molar-refractivity contribution in [2.75, 3.05) is 20.2 Å². The SMILES string of the molecule is CN(Cc1ccco1)C(=O)COC(=O)c1cccc(CN2CCCC2=O)c1. The van der Waals surface area contributed by atoms with Crippen molar-refractivity contribution in [2.45, 2.75) is 25.9 Å². The van der Waals surface area contributed by atoms with Crippen LogP contribution in [0.5, 0.6) is 0 Å². The van der Waals surface area contributed by atoms with Crippen LogP contribution in [0.15, 0.2) is 47.1 Å². The number of furan rings is 1. The van der Waals surface area contributed by atoms with Crippen LogP contribution in [-0.2, 0) is 27.4 Å². The summed E-state index contributed by atoms with van der Waals surface area (Å²) < 4.78 is 10.3. The van der Waals surface area contributed by atoms with E-state index in [1.165, 1.54) is 11.2 Å². The maximum absolute atomic E-state index is 12.3. The molecule has 0 spiro atoms. The lowest BCUT2D eigenvalue weighted by Gasteiger charge is -2.16. The second-order valence-corrected chi connectivity index (χ2v) is 6.52. The van der Waals surface area contributed by atoms with E-state index in [0.29, 0.717) is 30.8 Å². The largest absolute Gasteiger partial charge is 0.467 e. The fraction of sp³-hybridized carbons (Fsp3) is 0.350. The Labute approximate surface area is 157 Å². The van der Waals surface area contributed by atoms with Gasteiger partial charge in [-0.05, 0) is 36.2 Å². The van der Waals surface area contributed by atoms with E-state index in [1.807, 2.05) is 6.07 Å². The standard InChI is InChI=1S/C20H22N2O5/c1-21(13-17-7-4-10-26-17)19(24)14-27-20(25)16-6-2-5-15(11-16)12-22-9-3-8-18(22)23/h2,4-7,10-11H,3,8-9,12-14H2,1H3. The number of nitrogens with zero attached hydrogens (tertiary/aromatic N) is 2. The number of carbonyl (C=O) groups is 3. The summed E-state index contributed by atoms with van der Waals surface area (Å²) in [6.45, 7) is 1.18. The van der Waals surface area contributed by atoms with Crippen molar-refractivity contribution >= 4 is 17.8 Å². The molecular weight excluding hydrogens is 348 g/mol. The molecule has 0 atom stereocenters. The van der Waals surface area contributed by atoms with Gasteiger partial charge in [0.1, 0.15) is 5.76 Å². The molecule has 0 radical (unpaired) electrons. The average Bonchev–Trinajstić information content (AvgIpc) is 3.32. The van der Waals surface area contributed by atoms with Crippen LogP contribution in [0.3, 0.4) is 0 Å². The molecule has 7 heteroatoms. The Balaban J connectivity index is 1.52. The Bertz CT molecular complexity index is 816. The van der Waals surface area contributed by atoms with E-state index < -0.39 is 5.97 Å². The van der Waals surface area contributed by atoms with E-state index in [-0.39, 0.29) is 18.4 Å². The van der Waals surface area contributed by atoms with Crippen molar-refractivity contribution in [2.24, 2.45) is 0 Å². The van der Waals surface area contributed by atoms with E-state index in [1.54, 1.807) is 42.3 Å². The van der Waals surface area contributed by atoms with Crippen molar-refractivity contribution in [3.05, 3.63) is 59.5 Å². The lowest BCUT2D eigenvalue weighted by Crippen LogP contribution is -2.30. The maximum atomic E-state index is 12.3. The highest BCUT2D eigenvalue weighted by Crippen LogP contribution is 2.15. The summed E-state index contributed by atoms with van der Waals surface area (Å²) >= 11 is 0. The minimum absolute atomic E-state index is 0.133. The molecule has 2 heterocycles. The number of hydrogen-bond acceptors (Lipinski definition) is 5. The highest BCUT2D eigenvalue weighted by atomic mass is 16.5. The Morgan fingerprint density at radius 2 is 2.11 bits per heavy atom. The predicted molar refractivity (Wildman–Crippen MR) is 96.6 cm³/mol. The zero-order valence-electron chi connectivity index (χ0n) is 15.2. The van der Waals surface area contributed by atoms with E-state index in [2.05, 4.69) is 0 Å². The first-order chi connectivity index (χ1) is 13.0. The lowest BCUT2D eigenvalue weighted by atomic mass is 10.1. The third-order valence-electron chi connectivity index (χ3n) is 4.43. The second kappa shape index (κ2) is 8.53. The first-order valence-electron chi connectivity index (χ1n) is 8.83. The first-order valence-corrected chi connectivity index (χ1v) is 8.83. The topological polar surface area (TPSA) is 80.1 Å². The van der Waals surface area contributed by atoms with E-state index in [4.69, 9.17) is 9.15 Å². The minimum Gasteiger partial charge on any atom is -0.467 e. The fourth-order valence-corrected chi connectivity index (χ4v) is 2.93. The predicted octanol–water partition coefficient (Wildman–Crippen LogP) is 2.22. The number of benzene rings is 1. The summed E-state index contributed by atoms with van der Waals surface area (Å²) in [5, 5.41) is 0. The van der Waals surface area contributed by atoms with E-state index in [9.17, 15) is 14.4 Å². The third kappa shape index (κ3) is 4.97. The van der Waals surface area contributed by atoms with Crippen LogP contribution in [0.4, 0.5) is 0 Å². The van der Waals surface area contributed by atoms with Gasteiger partial charge < -0.3 is 19.0 Å². The van der Waals surface area contributed by atoms with E-state index >= 15 is 0 Å². The Morgan fingerprint density at radius 3 is 2.81 bits per heavy atom. The summed E-state index contributed by atoms with van der Waals surface area (Å²) in [5.74, 6) is -0.0996. The zero-order chi connectivity index (χ0) is 19.2. The van der Waals surface area contributed by atoms with Gasteiger partial charge in [0.2, 0.25) is 5.91 Å². The molecule has 0 unspecified atom stereocenters. The number of rotatable bonds is 7. The van der Waals surface area contributed by atoms with Gasteiger partial charge in [-0.1, -0.05) is 12.1 Å². The van der Waals surface area contributed by atoms with Crippen LogP contribution >= 0.6 is 0 Å². The van der Waals surface area contributed by atoms with E-state index in [0.717, 1.165) is 18.5 Å². The second-order valence-electron chi connectivity index (χ2n) is 6.52.